The molecule has 0 N–H and O–H groups in total. The van der Waals surface area contributed by atoms with Crippen LogP contribution in [0.2, 0.25) is 0 Å². The van der Waals surface area contributed by atoms with Gasteiger partial charge in [0.2, 0.25) is 0 Å². The summed E-state index contributed by atoms with van der Waals surface area (Å²) in [5, 5.41) is 8.42. The van der Waals surface area contributed by atoms with Crippen LogP contribution in [0.5, 0.6) is 6.01 Å². The van der Waals surface area contributed by atoms with Crippen LogP contribution in [-0.4, -0.2) is 17.1 Å². The van der Waals surface area contributed by atoms with Gasteiger partial charge in [-0.05, 0) is 13.0 Å². The van der Waals surface area contributed by atoms with E-state index in [4.69, 9.17) is 10.00 Å². The summed E-state index contributed by atoms with van der Waals surface area (Å²) in [4.78, 5) is 7.98. The van der Waals surface area contributed by atoms with Gasteiger partial charge in [-0.25, -0.2) is 4.98 Å². The molecule has 1 aromatic heterocycles. The van der Waals surface area contributed by atoms with Crippen LogP contribution in [0.4, 0.5) is 0 Å². The van der Waals surface area contributed by atoms with Gasteiger partial charge in [0.15, 0.2) is 0 Å². The Morgan fingerprint density at radius 2 is 2.33 bits per heavy atom. The number of rotatable bonds is 2. The largest absolute Gasteiger partial charge is 0.467 e. The van der Waals surface area contributed by atoms with E-state index in [0.29, 0.717) is 18.1 Å². The molecule has 62 valence electrons. The van der Waals surface area contributed by atoms with Crippen LogP contribution < -0.4 is 4.74 Å². The minimum atomic E-state index is 0.291. The molecule has 1 heterocycles. The third-order valence-electron chi connectivity index (χ3n) is 1.33. The predicted octanol–water partition coefficient (Wildman–Crippen LogP) is 0.860. The Hall–Kier alpha value is -1.63. The molecule has 0 fully saturated rings. The van der Waals surface area contributed by atoms with Crippen molar-refractivity contribution in [1.29, 1.82) is 5.26 Å². The first-order valence-electron chi connectivity index (χ1n) is 3.51. The first kappa shape index (κ1) is 8.47. The van der Waals surface area contributed by atoms with Gasteiger partial charge in [-0.3, -0.25) is 0 Å². The Kier molecular flexibility index (Phi) is 2.59. The predicted molar refractivity (Wildman–Crippen MR) is 42.6 cm³/mol. The summed E-state index contributed by atoms with van der Waals surface area (Å²) in [6.45, 7) is 1.84. The summed E-state index contributed by atoms with van der Waals surface area (Å²) in [6.07, 6.45) is 0.291. The lowest BCUT2D eigenvalue weighted by Crippen LogP contribution is -1.97. The molecule has 0 radical (unpaired) electrons. The van der Waals surface area contributed by atoms with E-state index in [1.54, 1.807) is 6.07 Å². The van der Waals surface area contributed by atoms with Crippen molar-refractivity contribution in [3.8, 4) is 12.1 Å². The fourth-order valence-electron chi connectivity index (χ4n) is 0.867. The first-order chi connectivity index (χ1) is 5.76. The maximum atomic E-state index is 8.42. The molecule has 0 unspecified atom stereocenters. The monoisotopic (exact) mass is 163 g/mol. The number of aryl methyl sites for hydroxylation is 1. The second kappa shape index (κ2) is 3.67. The molecule has 0 saturated heterocycles. The average molecular weight is 163 g/mol. The summed E-state index contributed by atoms with van der Waals surface area (Å²) in [5.74, 6) is 0. The van der Waals surface area contributed by atoms with Gasteiger partial charge in [-0.15, -0.1) is 0 Å². The molecule has 4 nitrogen and oxygen atoms in total. The molecule has 0 spiro atoms. The number of methoxy groups -OCH3 is 1. The van der Waals surface area contributed by atoms with Crippen LogP contribution in [0.15, 0.2) is 6.07 Å². The second-order valence-corrected chi connectivity index (χ2v) is 2.32. The van der Waals surface area contributed by atoms with Gasteiger partial charge in [0.05, 0.1) is 25.3 Å². The molecular formula is C8H9N3O. The van der Waals surface area contributed by atoms with E-state index in [9.17, 15) is 0 Å². The topological polar surface area (TPSA) is 58.8 Å². The number of nitriles is 1. The van der Waals surface area contributed by atoms with Gasteiger partial charge in [0, 0.05) is 5.69 Å². The van der Waals surface area contributed by atoms with Gasteiger partial charge in [-0.2, -0.15) is 10.2 Å². The Morgan fingerprint density at radius 3 is 2.92 bits per heavy atom. The Bertz CT molecular complexity index is 317. The highest BCUT2D eigenvalue weighted by atomic mass is 16.5. The molecular weight excluding hydrogens is 154 g/mol. The lowest BCUT2D eigenvalue weighted by atomic mass is 10.3. The molecule has 0 saturated carbocycles. The van der Waals surface area contributed by atoms with E-state index in [2.05, 4.69) is 9.97 Å². The number of nitrogens with zero attached hydrogens (tertiary/aromatic N) is 3. The van der Waals surface area contributed by atoms with Crippen LogP contribution in [0, 0.1) is 18.3 Å². The standard InChI is InChI=1S/C8H9N3O/c1-6-5-7(3-4-9)11-8(10-6)12-2/h5H,3H2,1-2H3. The van der Waals surface area contributed by atoms with Crippen molar-refractivity contribution >= 4 is 0 Å². The van der Waals surface area contributed by atoms with Gasteiger partial charge < -0.3 is 4.74 Å². The molecule has 4 heteroatoms. The van der Waals surface area contributed by atoms with Crippen molar-refractivity contribution < 1.29 is 4.74 Å². The number of hydrogen-bond acceptors (Lipinski definition) is 4. The number of ether oxygens (including phenoxy) is 1. The Morgan fingerprint density at radius 1 is 1.58 bits per heavy atom. The van der Waals surface area contributed by atoms with Gasteiger partial charge >= 0.3 is 6.01 Å². The third kappa shape index (κ3) is 1.92. The van der Waals surface area contributed by atoms with Crippen molar-refractivity contribution in [2.45, 2.75) is 13.3 Å². The molecule has 12 heavy (non-hydrogen) atoms. The van der Waals surface area contributed by atoms with Crippen molar-refractivity contribution in [1.82, 2.24) is 9.97 Å². The maximum absolute atomic E-state index is 8.42. The highest BCUT2D eigenvalue weighted by molar-refractivity contribution is 5.15. The van der Waals surface area contributed by atoms with Crippen LogP contribution in [0.25, 0.3) is 0 Å². The Labute approximate surface area is 70.8 Å². The molecule has 1 rings (SSSR count). The zero-order valence-electron chi connectivity index (χ0n) is 7.03. The van der Waals surface area contributed by atoms with Crippen molar-refractivity contribution in [3.05, 3.63) is 17.5 Å². The number of aromatic nitrogens is 2. The summed E-state index contributed by atoms with van der Waals surface area (Å²) in [7, 11) is 1.50. The molecule has 0 bridgehead atoms. The summed E-state index contributed by atoms with van der Waals surface area (Å²) < 4.78 is 4.85. The first-order valence-corrected chi connectivity index (χ1v) is 3.51. The lowest BCUT2D eigenvalue weighted by Gasteiger charge is -2.00. The van der Waals surface area contributed by atoms with Gasteiger partial charge in [0.1, 0.15) is 0 Å². The quantitative estimate of drug-likeness (QED) is 0.648. The zero-order valence-corrected chi connectivity index (χ0v) is 7.03. The van der Waals surface area contributed by atoms with Crippen molar-refractivity contribution in [3.63, 3.8) is 0 Å². The third-order valence-corrected chi connectivity index (χ3v) is 1.33. The summed E-state index contributed by atoms with van der Waals surface area (Å²) in [5.41, 5.74) is 1.51. The number of hydrogen-bond donors (Lipinski definition) is 0. The van der Waals surface area contributed by atoms with E-state index in [1.165, 1.54) is 7.11 Å². The zero-order chi connectivity index (χ0) is 8.97. The van der Waals surface area contributed by atoms with E-state index in [1.807, 2.05) is 13.0 Å². The van der Waals surface area contributed by atoms with Crippen molar-refractivity contribution in [2.24, 2.45) is 0 Å². The molecule has 0 aromatic carbocycles. The van der Waals surface area contributed by atoms with Crippen LogP contribution in [-0.2, 0) is 6.42 Å². The SMILES string of the molecule is COc1nc(C)cc(CC#N)n1. The van der Waals surface area contributed by atoms with Gasteiger partial charge in [0.25, 0.3) is 0 Å². The van der Waals surface area contributed by atoms with E-state index >= 15 is 0 Å². The second-order valence-electron chi connectivity index (χ2n) is 2.32. The smallest absolute Gasteiger partial charge is 0.316 e. The fourth-order valence-corrected chi connectivity index (χ4v) is 0.867. The van der Waals surface area contributed by atoms with Crippen molar-refractivity contribution in [2.75, 3.05) is 7.11 Å². The molecule has 0 atom stereocenters. The van der Waals surface area contributed by atoms with E-state index in [0.717, 1.165) is 5.69 Å². The lowest BCUT2D eigenvalue weighted by molar-refractivity contribution is 0.377. The van der Waals surface area contributed by atoms with E-state index < -0.39 is 0 Å². The maximum Gasteiger partial charge on any atom is 0.316 e. The molecule has 0 aliphatic carbocycles. The molecule has 0 aliphatic rings. The minimum absolute atomic E-state index is 0.291. The highest BCUT2D eigenvalue weighted by Gasteiger charge is 2.00. The summed E-state index contributed by atoms with van der Waals surface area (Å²) >= 11 is 0. The summed E-state index contributed by atoms with van der Waals surface area (Å²) in [6, 6.07) is 4.11. The van der Waals surface area contributed by atoms with E-state index in [-0.39, 0.29) is 0 Å². The molecule has 1 aromatic rings. The van der Waals surface area contributed by atoms with Crippen LogP contribution >= 0.6 is 0 Å². The highest BCUT2D eigenvalue weighted by Crippen LogP contribution is 2.06. The van der Waals surface area contributed by atoms with Crippen LogP contribution in [0.1, 0.15) is 11.4 Å². The normalized spacial score (nSPS) is 9.08. The van der Waals surface area contributed by atoms with Crippen LogP contribution in [0.3, 0.4) is 0 Å². The minimum Gasteiger partial charge on any atom is -0.467 e. The Balaban J connectivity index is 2.99. The average Bonchev–Trinajstić information content (AvgIpc) is 2.04. The molecule has 0 amide bonds. The fraction of sp³-hybridized carbons (Fsp3) is 0.375. The van der Waals surface area contributed by atoms with Gasteiger partial charge in [-0.1, -0.05) is 0 Å². The molecule has 0 aliphatic heterocycles.